The van der Waals surface area contributed by atoms with Gasteiger partial charge in [-0.1, -0.05) is 17.7 Å². The molecule has 1 heterocycles. The lowest BCUT2D eigenvalue weighted by molar-refractivity contribution is 0.0697. The Hall–Kier alpha value is -3.69. The number of nitrogen functional groups attached to an aromatic ring is 1. The SMILES string of the molecule is Cc1ccc(-c2c3ccc(=N)cc-3oc3c(S(=O)(=O)O)c(N)ccc23)c(C(=O)O)c1. The second kappa shape index (κ2) is 6.68. The van der Waals surface area contributed by atoms with E-state index in [0.717, 1.165) is 5.56 Å². The van der Waals surface area contributed by atoms with Crippen LogP contribution < -0.4 is 11.1 Å². The standard InChI is InChI=1S/C21H16N2O6S/c1-10-2-4-12(15(8-10)21(24)25)18-13-5-3-11(22)9-17(13)29-19-14(18)6-7-16(23)20(19)30(26,27)28/h2-9,22H,23H2,1H3,(H,24,25)(H,26,27,28). The van der Waals surface area contributed by atoms with Crippen LogP contribution in [0.2, 0.25) is 0 Å². The lowest BCUT2D eigenvalue weighted by Gasteiger charge is -2.18. The molecule has 0 radical (unpaired) electrons. The summed E-state index contributed by atoms with van der Waals surface area (Å²) in [6.07, 6.45) is 0. The summed E-state index contributed by atoms with van der Waals surface area (Å²) in [7, 11) is -4.75. The number of aromatic carboxylic acids is 1. The predicted octanol–water partition coefficient (Wildman–Crippen LogP) is 3.52. The van der Waals surface area contributed by atoms with Gasteiger partial charge in [0.2, 0.25) is 0 Å². The predicted molar refractivity (Wildman–Crippen MR) is 110 cm³/mol. The first-order chi connectivity index (χ1) is 14.1. The van der Waals surface area contributed by atoms with Crippen molar-refractivity contribution in [3.8, 4) is 22.5 Å². The average molecular weight is 424 g/mol. The van der Waals surface area contributed by atoms with Crippen molar-refractivity contribution in [2.75, 3.05) is 5.73 Å². The minimum absolute atomic E-state index is 0.0176. The molecule has 0 atom stereocenters. The molecule has 0 saturated carbocycles. The van der Waals surface area contributed by atoms with Crippen molar-refractivity contribution < 1.29 is 27.3 Å². The maximum atomic E-state index is 12.0. The molecule has 152 valence electrons. The van der Waals surface area contributed by atoms with Gasteiger partial charge in [-0.05, 0) is 42.8 Å². The highest BCUT2D eigenvalue weighted by Gasteiger charge is 2.27. The number of carbonyl (C=O) groups is 1. The monoisotopic (exact) mass is 424 g/mol. The summed E-state index contributed by atoms with van der Waals surface area (Å²) in [5.41, 5.74) is 7.33. The van der Waals surface area contributed by atoms with Crippen molar-refractivity contribution in [1.82, 2.24) is 0 Å². The van der Waals surface area contributed by atoms with Crippen LogP contribution in [0, 0.1) is 12.3 Å². The van der Waals surface area contributed by atoms with Crippen LogP contribution in [0.15, 0.2) is 57.8 Å². The van der Waals surface area contributed by atoms with Crippen molar-refractivity contribution in [2.45, 2.75) is 11.8 Å². The molecule has 2 aromatic rings. The Balaban J connectivity index is 2.31. The number of hydrogen-bond donors (Lipinski definition) is 4. The van der Waals surface area contributed by atoms with Gasteiger partial charge in [0.1, 0.15) is 5.76 Å². The van der Waals surface area contributed by atoms with Crippen LogP contribution in [0.1, 0.15) is 15.9 Å². The molecular weight excluding hydrogens is 408 g/mol. The molecule has 0 fully saturated rings. The number of carboxylic acids is 1. The average Bonchev–Trinajstić information content (AvgIpc) is 2.65. The van der Waals surface area contributed by atoms with Crippen LogP contribution in [-0.2, 0) is 10.1 Å². The van der Waals surface area contributed by atoms with Gasteiger partial charge in [-0.2, -0.15) is 8.42 Å². The van der Waals surface area contributed by atoms with Gasteiger partial charge in [0.05, 0.1) is 16.6 Å². The van der Waals surface area contributed by atoms with E-state index in [1.165, 1.54) is 30.3 Å². The summed E-state index contributed by atoms with van der Waals surface area (Å²) in [5.74, 6) is -1.00. The minimum atomic E-state index is -4.75. The third kappa shape index (κ3) is 3.10. The molecule has 1 aliphatic heterocycles. The van der Waals surface area contributed by atoms with E-state index in [1.807, 2.05) is 0 Å². The van der Waals surface area contributed by atoms with E-state index in [0.29, 0.717) is 16.7 Å². The molecule has 8 nitrogen and oxygen atoms in total. The van der Waals surface area contributed by atoms with Gasteiger partial charge in [-0.25, -0.2) is 4.79 Å². The van der Waals surface area contributed by atoms with Crippen LogP contribution >= 0.6 is 0 Å². The number of carboxylic acid groups (broad SMARTS) is 1. The molecule has 1 aliphatic carbocycles. The molecule has 2 aromatic carbocycles. The van der Waals surface area contributed by atoms with Gasteiger partial charge in [0.25, 0.3) is 10.1 Å². The number of benzene rings is 3. The fourth-order valence-corrected chi connectivity index (χ4v) is 4.31. The second-order valence-electron chi connectivity index (χ2n) is 6.88. The number of nitrogens with two attached hydrogens (primary N) is 1. The van der Waals surface area contributed by atoms with Gasteiger partial charge in [-0.3, -0.25) is 4.55 Å². The third-order valence-electron chi connectivity index (χ3n) is 4.81. The molecular formula is C21H16N2O6S. The van der Waals surface area contributed by atoms with Gasteiger partial charge in [-0.15, -0.1) is 0 Å². The Kier molecular flexibility index (Phi) is 4.37. The molecule has 2 aliphatic rings. The largest absolute Gasteiger partial charge is 0.478 e. The van der Waals surface area contributed by atoms with E-state index in [1.54, 1.807) is 25.1 Å². The van der Waals surface area contributed by atoms with Crippen molar-refractivity contribution >= 4 is 32.7 Å². The van der Waals surface area contributed by atoms with Gasteiger partial charge in [0, 0.05) is 22.6 Å². The zero-order valence-corrected chi connectivity index (χ0v) is 16.4. The Morgan fingerprint density at radius 3 is 2.43 bits per heavy atom. The van der Waals surface area contributed by atoms with Crippen LogP contribution in [-0.4, -0.2) is 24.0 Å². The topological polar surface area (TPSA) is 155 Å². The maximum Gasteiger partial charge on any atom is 0.336 e. The van der Waals surface area contributed by atoms with E-state index in [9.17, 15) is 22.9 Å². The zero-order valence-electron chi connectivity index (χ0n) is 15.6. The van der Waals surface area contributed by atoms with Gasteiger partial charge in [0.15, 0.2) is 10.5 Å². The highest BCUT2D eigenvalue weighted by atomic mass is 32.2. The van der Waals surface area contributed by atoms with E-state index >= 15 is 0 Å². The number of anilines is 1. The van der Waals surface area contributed by atoms with Crippen molar-refractivity contribution in [1.29, 1.82) is 5.41 Å². The Bertz CT molecular complexity index is 1490. The third-order valence-corrected chi connectivity index (χ3v) is 5.74. The summed E-state index contributed by atoms with van der Waals surface area (Å²) in [6.45, 7) is 1.76. The van der Waals surface area contributed by atoms with Crippen LogP contribution in [0.4, 0.5) is 5.69 Å². The van der Waals surface area contributed by atoms with Gasteiger partial charge < -0.3 is 20.7 Å². The highest BCUT2D eigenvalue weighted by Crippen LogP contribution is 2.44. The van der Waals surface area contributed by atoms with Crippen LogP contribution in [0.3, 0.4) is 0 Å². The first kappa shape index (κ1) is 19.6. The molecule has 30 heavy (non-hydrogen) atoms. The van der Waals surface area contributed by atoms with Crippen molar-refractivity contribution in [2.24, 2.45) is 0 Å². The van der Waals surface area contributed by atoms with E-state index < -0.39 is 21.0 Å². The molecule has 0 aromatic heterocycles. The molecule has 0 unspecified atom stereocenters. The van der Waals surface area contributed by atoms with E-state index in [2.05, 4.69) is 0 Å². The lowest BCUT2D eigenvalue weighted by atomic mass is 9.90. The van der Waals surface area contributed by atoms with Crippen molar-refractivity contribution in [3.63, 3.8) is 0 Å². The fraction of sp³-hybridized carbons (Fsp3) is 0.0476. The first-order valence-electron chi connectivity index (χ1n) is 8.73. The maximum absolute atomic E-state index is 12.0. The number of rotatable bonds is 3. The Labute approximate surface area is 170 Å². The fourth-order valence-electron chi connectivity index (χ4n) is 3.55. The van der Waals surface area contributed by atoms with Crippen molar-refractivity contribution in [3.05, 3.63) is 65.0 Å². The molecule has 0 amide bonds. The number of nitrogens with one attached hydrogen (secondary N) is 1. The highest BCUT2D eigenvalue weighted by molar-refractivity contribution is 7.86. The van der Waals surface area contributed by atoms with E-state index in [4.69, 9.17) is 15.6 Å². The summed E-state index contributed by atoms with van der Waals surface area (Å²) in [5, 5.41) is 18.0. The molecule has 0 saturated heterocycles. The number of fused-ring (bicyclic) bond motifs is 2. The Morgan fingerprint density at radius 2 is 1.77 bits per heavy atom. The van der Waals surface area contributed by atoms with E-state index in [-0.39, 0.29) is 33.3 Å². The molecule has 0 bridgehead atoms. The van der Waals surface area contributed by atoms with Gasteiger partial charge >= 0.3 is 5.97 Å². The zero-order chi connectivity index (χ0) is 21.8. The minimum Gasteiger partial charge on any atom is -0.478 e. The molecule has 9 heteroatoms. The number of aryl methyl sites for hydroxylation is 1. The summed E-state index contributed by atoms with van der Waals surface area (Å²) >= 11 is 0. The quantitative estimate of drug-likeness (QED) is 0.223. The Morgan fingerprint density at radius 1 is 1.07 bits per heavy atom. The lowest BCUT2D eigenvalue weighted by Crippen LogP contribution is -2.07. The summed E-state index contributed by atoms with van der Waals surface area (Å²) < 4.78 is 39.5. The molecule has 0 spiro atoms. The van der Waals surface area contributed by atoms with Crippen LogP contribution in [0.5, 0.6) is 0 Å². The normalized spacial score (nSPS) is 11.8. The first-order valence-corrected chi connectivity index (χ1v) is 10.2. The van der Waals surface area contributed by atoms with Crippen LogP contribution in [0.25, 0.3) is 33.4 Å². The smallest absolute Gasteiger partial charge is 0.336 e. The molecule has 5 N–H and O–H groups in total. The molecule has 4 rings (SSSR count). The summed E-state index contributed by atoms with van der Waals surface area (Å²) in [6, 6.07) is 12.2. The summed E-state index contributed by atoms with van der Waals surface area (Å²) in [4.78, 5) is 11.3. The second-order valence-corrected chi connectivity index (χ2v) is 8.24. The number of hydrogen-bond acceptors (Lipinski definition) is 6.